The van der Waals surface area contributed by atoms with Crippen LogP contribution in [0.25, 0.3) is 22.0 Å². The van der Waals surface area contributed by atoms with Crippen molar-refractivity contribution in [1.82, 2.24) is 14.9 Å². The fourth-order valence-electron chi connectivity index (χ4n) is 4.68. The van der Waals surface area contributed by atoms with E-state index in [0.29, 0.717) is 49.4 Å². The van der Waals surface area contributed by atoms with Crippen LogP contribution in [0.2, 0.25) is 0 Å². The number of aromatic amines is 1. The first-order valence-electron chi connectivity index (χ1n) is 10.7. The van der Waals surface area contributed by atoms with Gasteiger partial charge in [-0.05, 0) is 17.5 Å². The van der Waals surface area contributed by atoms with Crippen LogP contribution in [0, 0.1) is 0 Å². The third-order valence-electron chi connectivity index (χ3n) is 6.26. The Morgan fingerprint density at radius 1 is 1.16 bits per heavy atom. The molecule has 32 heavy (non-hydrogen) atoms. The predicted molar refractivity (Wildman–Crippen MR) is 123 cm³/mol. The normalized spacial score (nSPS) is 21.4. The zero-order valence-corrected chi connectivity index (χ0v) is 17.6. The van der Waals surface area contributed by atoms with Gasteiger partial charge in [0.1, 0.15) is 0 Å². The van der Waals surface area contributed by atoms with Crippen molar-refractivity contribution < 1.29 is 9.53 Å². The number of benzene rings is 1. The summed E-state index contributed by atoms with van der Waals surface area (Å²) in [5.41, 5.74) is 7.55. The van der Waals surface area contributed by atoms with E-state index in [1.165, 1.54) is 0 Å². The highest BCUT2D eigenvalue weighted by molar-refractivity contribution is 5.94. The summed E-state index contributed by atoms with van der Waals surface area (Å²) >= 11 is 0. The molecule has 1 aliphatic carbocycles. The van der Waals surface area contributed by atoms with Gasteiger partial charge in [0.15, 0.2) is 0 Å². The van der Waals surface area contributed by atoms with Crippen LogP contribution in [0.4, 0.5) is 0 Å². The van der Waals surface area contributed by atoms with E-state index in [0.717, 1.165) is 16.6 Å². The lowest BCUT2D eigenvalue weighted by Gasteiger charge is -2.45. The molecule has 1 amide bonds. The molecule has 1 unspecified atom stereocenters. The number of hydrogen-bond acceptors (Lipinski definition) is 5. The molecule has 1 aromatic carbocycles. The second-order valence-electron chi connectivity index (χ2n) is 8.11. The molecule has 7 heteroatoms. The summed E-state index contributed by atoms with van der Waals surface area (Å²) in [5, 5.41) is 1.32. The number of nitrogens with two attached hydrogens (primary N) is 1. The van der Waals surface area contributed by atoms with E-state index in [9.17, 15) is 9.59 Å². The van der Waals surface area contributed by atoms with E-state index in [1.807, 2.05) is 54.6 Å². The highest BCUT2D eigenvalue weighted by Gasteiger charge is 2.43. The molecule has 0 saturated carbocycles. The van der Waals surface area contributed by atoms with Gasteiger partial charge in [-0.1, -0.05) is 48.6 Å². The van der Waals surface area contributed by atoms with Gasteiger partial charge in [0.25, 0.3) is 5.56 Å². The molecule has 3 heterocycles. The average molecular weight is 428 g/mol. The summed E-state index contributed by atoms with van der Waals surface area (Å²) in [4.78, 5) is 35.3. The van der Waals surface area contributed by atoms with Crippen LogP contribution in [-0.2, 0) is 15.1 Å². The SMILES string of the molecule is NC(=O)C1=CC=CC(c2nc(-c3ccccc3)cc3cc[nH]c(=O)c23)(N2CCOCC2)C1. The van der Waals surface area contributed by atoms with Gasteiger partial charge in [-0.2, -0.15) is 0 Å². The van der Waals surface area contributed by atoms with E-state index in [-0.39, 0.29) is 5.56 Å². The van der Waals surface area contributed by atoms with Gasteiger partial charge < -0.3 is 15.5 Å². The Morgan fingerprint density at radius 2 is 1.94 bits per heavy atom. The Labute approximate surface area is 185 Å². The number of morpholine rings is 1. The topological polar surface area (TPSA) is 101 Å². The number of primary amides is 1. The summed E-state index contributed by atoms with van der Waals surface area (Å²) < 4.78 is 5.59. The first-order valence-corrected chi connectivity index (χ1v) is 10.7. The molecule has 1 aliphatic heterocycles. The molecule has 2 aromatic heterocycles. The average Bonchev–Trinajstić information content (AvgIpc) is 2.84. The first-order chi connectivity index (χ1) is 15.6. The number of aromatic nitrogens is 2. The quantitative estimate of drug-likeness (QED) is 0.665. The zero-order valence-electron chi connectivity index (χ0n) is 17.6. The molecule has 3 aromatic rings. The number of ether oxygens (including phenoxy) is 1. The Morgan fingerprint density at radius 3 is 2.69 bits per heavy atom. The Hall–Kier alpha value is -3.55. The summed E-state index contributed by atoms with van der Waals surface area (Å²) in [6.07, 6.45) is 7.62. The molecule has 2 aliphatic rings. The van der Waals surface area contributed by atoms with E-state index >= 15 is 0 Å². The molecule has 1 saturated heterocycles. The Bertz CT molecular complexity index is 1290. The van der Waals surface area contributed by atoms with Gasteiger partial charge in [0.05, 0.1) is 35.5 Å². The number of amides is 1. The van der Waals surface area contributed by atoms with E-state index in [4.69, 9.17) is 15.5 Å². The van der Waals surface area contributed by atoms with Crippen LogP contribution >= 0.6 is 0 Å². The van der Waals surface area contributed by atoms with Crippen LogP contribution in [-0.4, -0.2) is 47.1 Å². The van der Waals surface area contributed by atoms with Crippen LogP contribution in [0.15, 0.2) is 77.3 Å². The summed E-state index contributed by atoms with van der Waals surface area (Å²) in [6, 6.07) is 13.7. The second kappa shape index (κ2) is 8.18. The third kappa shape index (κ3) is 3.45. The van der Waals surface area contributed by atoms with Crippen molar-refractivity contribution in [2.24, 2.45) is 5.73 Å². The highest BCUT2D eigenvalue weighted by atomic mass is 16.5. The van der Waals surface area contributed by atoms with Crippen LogP contribution in [0.5, 0.6) is 0 Å². The van der Waals surface area contributed by atoms with Crippen molar-refractivity contribution in [3.05, 3.63) is 88.5 Å². The van der Waals surface area contributed by atoms with Crippen molar-refractivity contribution in [2.45, 2.75) is 12.0 Å². The van der Waals surface area contributed by atoms with Crippen molar-refractivity contribution >= 4 is 16.7 Å². The van der Waals surface area contributed by atoms with E-state index in [1.54, 1.807) is 12.3 Å². The molecule has 0 radical (unpaired) electrons. The number of allylic oxidation sites excluding steroid dienone is 2. The van der Waals surface area contributed by atoms with Gasteiger partial charge >= 0.3 is 0 Å². The van der Waals surface area contributed by atoms with Crippen molar-refractivity contribution in [3.8, 4) is 11.3 Å². The third-order valence-corrected chi connectivity index (χ3v) is 6.26. The predicted octanol–water partition coefficient (Wildman–Crippen LogP) is 2.49. The van der Waals surface area contributed by atoms with Gasteiger partial charge in [0.2, 0.25) is 5.91 Å². The molecular weight excluding hydrogens is 404 g/mol. The zero-order chi connectivity index (χ0) is 22.1. The number of carbonyl (C=O) groups is 1. The number of fused-ring (bicyclic) bond motifs is 1. The molecule has 162 valence electrons. The van der Waals surface area contributed by atoms with Crippen molar-refractivity contribution in [1.29, 1.82) is 0 Å². The smallest absolute Gasteiger partial charge is 0.257 e. The molecular formula is C25H24N4O3. The fourth-order valence-corrected chi connectivity index (χ4v) is 4.68. The van der Waals surface area contributed by atoms with Crippen LogP contribution in [0.1, 0.15) is 12.1 Å². The minimum absolute atomic E-state index is 0.208. The number of pyridine rings is 2. The van der Waals surface area contributed by atoms with Gasteiger partial charge in [-0.3, -0.25) is 14.5 Å². The maximum absolute atomic E-state index is 13.1. The van der Waals surface area contributed by atoms with Gasteiger partial charge in [0, 0.05) is 36.8 Å². The van der Waals surface area contributed by atoms with Gasteiger partial charge in [-0.25, -0.2) is 4.98 Å². The fraction of sp³-hybridized carbons (Fsp3) is 0.240. The minimum atomic E-state index is -0.791. The number of rotatable bonds is 4. The lowest BCUT2D eigenvalue weighted by molar-refractivity contribution is -0.115. The summed E-state index contributed by atoms with van der Waals surface area (Å²) in [5.74, 6) is -0.468. The monoisotopic (exact) mass is 428 g/mol. The number of H-pyrrole nitrogens is 1. The Balaban J connectivity index is 1.81. The maximum atomic E-state index is 13.1. The van der Waals surface area contributed by atoms with E-state index < -0.39 is 11.4 Å². The summed E-state index contributed by atoms with van der Waals surface area (Å²) in [6.45, 7) is 2.44. The van der Waals surface area contributed by atoms with Crippen molar-refractivity contribution in [2.75, 3.05) is 26.3 Å². The highest BCUT2D eigenvalue weighted by Crippen LogP contribution is 2.41. The van der Waals surface area contributed by atoms with Crippen molar-refractivity contribution in [3.63, 3.8) is 0 Å². The van der Waals surface area contributed by atoms with Gasteiger partial charge in [-0.15, -0.1) is 0 Å². The second-order valence-corrected chi connectivity index (χ2v) is 8.11. The molecule has 1 atom stereocenters. The van der Waals surface area contributed by atoms with Crippen LogP contribution in [0.3, 0.4) is 0 Å². The lowest BCUT2D eigenvalue weighted by Crippen LogP contribution is -2.52. The minimum Gasteiger partial charge on any atom is -0.379 e. The maximum Gasteiger partial charge on any atom is 0.257 e. The number of hydrogen-bond donors (Lipinski definition) is 2. The lowest BCUT2D eigenvalue weighted by atomic mass is 9.79. The number of carbonyl (C=O) groups excluding carboxylic acids is 1. The molecule has 7 nitrogen and oxygen atoms in total. The first kappa shape index (κ1) is 20.4. The largest absolute Gasteiger partial charge is 0.379 e. The Kier molecular flexibility index (Phi) is 5.20. The molecule has 1 fully saturated rings. The standard InChI is InChI=1S/C25H24N4O3/c26-23(30)19-7-4-9-25(16-19,29-11-13-32-14-12-29)22-21-18(8-10-27-24(21)31)15-20(28-22)17-5-2-1-3-6-17/h1-10,15H,11-14,16H2,(H2,26,30)(H,27,31). The molecule has 5 rings (SSSR count). The number of nitrogens with zero attached hydrogens (tertiary/aromatic N) is 2. The molecule has 3 N–H and O–H groups in total. The summed E-state index contributed by atoms with van der Waals surface area (Å²) in [7, 11) is 0. The molecule has 0 bridgehead atoms. The van der Waals surface area contributed by atoms with Crippen LogP contribution < -0.4 is 11.3 Å². The number of nitrogens with one attached hydrogen (secondary N) is 1. The van der Waals surface area contributed by atoms with E-state index in [2.05, 4.69) is 9.88 Å². The molecule has 0 spiro atoms.